The molecule has 0 aromatic heterocycles. The van der Waals surface area contributed by atoms with E-state index < -0.39 is 5.97 Å². The van der Waals surface area contributed by atoms with Crippen LogP contribution in [0.1, 0.15) is 51.4 Å². The highest BCUT2D eigenvalue weighted by Crippen LogP contribution is 2.42. The van der Waals surface area contributed by atoms with Gasteiger partial charge in [0.05, 0.1) is 5.60 Å². The molecule has 1 spiro atoms. The molecule has 2 fully saturated rings. The van der Waals surface area contributed by atoms with Crippen molar-refractivity contribution in [2.24, 2.45) is 5.92 Å². The summed E-state index contributed by atoms with van der Waals surface area (Å²) in [5, 5.41) is 8.62. The van der Waals surface area contributed by atoms with Crippen molar-refractivity contribution in [3.05, 3.63) is 0 Å². The van der Waals surface area contributed by atoms with Crippen LogP contribution in [0, 0.1) is 5.92 Å². The van der Waals surface area contributed by atoms with Gasteiger partial charge in [-0.15, -0.1) is 0 Å². The molecule has 15 heavy (non-hydrogen) atoms. The van der Waals surface area contributed by atoms with Crippen molar-refractivity contribution in [2.75, 3.05) is 6.61 Å². The summed E-state index contributed by atoms with van der Waals surface area (Å²) in [5.74, 6) is -0.0386. The topological polar surface area (TPSA) is 46.5 Å². The van der Waals surface area contributed by atoms with Gasteiger partial charge in [0.25, 0.3) is 0 Å². The molecule has 0 aromatic rings. The van der Waals surface area contributed by atoms with Crippen LogP contribution in [-0.4, -0.2) is 23.3 Å². The van der Waals surface area contributed by atoms with Gasteiger partial charge in [0, 0.05) is 13.0 Å². The Balaban J connectivity index is 1.74. The fourth-order valence-corrected chi connectivity index (χ4v) is 2.97. The number of hydrogen-bond donors (Lipinski definition) is 1. The van der Waals surface area contributed by atoms with Gasteiger partial charge in [-0.3, -0.25) is 4.79 Å². The summed E-state index contributed by atoms with van der Waals surface area (Å²) in [6.07, 6.45) is 8.23. The molecular weight excluding hydrogens is 192 g/mol. The van der Waals surface area contributed by atoms with Gasteiger partial charge in [0.1, 0.15) is 0 Å². The minimum absolute atomic E-state index is 0.194. The first-order valence-electron chi connectivity index (χ1n) is 6.06. The second-order valence-corrected chi connectivity index (χ2v) is 5.01. The van der Waals surface area contributed by atoms with Crippen molar-refractivity contribution >= 4 is 5.97 Å². The van der Waals surface area contributed by atoms with Crippen LogP contribution in [0.2, 0.25) is 0 Å². The highest BCUT2D eigenvalue weighted by atomic mass is 16.5. The lowest BCUT2D eigenvalue weighted by Crippen LogP contribution is -2.33. The zero-order valence-electron chi connectivity index (χ0n) is 9.21. The average Bonchev–Trinajstić information content (AvgIpc) is 2.66. The number of rotatable bonds is 3. The number of aliphatic carboxylic acids is 1. The lowest BCUT2D eigenvalue weighted by Gasteiger charge is -2.36. The third kappa shape index (κ3) is 2.71. The minimum atomic E-state index is -0.660. The van der Waals surface area contributed by atoms with Crippen LogP contribution >= 0.6 is 0 Å². The highest BCUT2D eigenvalue weighted by Gasteiger charge is 2.38. The van der Waals surface area contributed by atoms with Crippen molar-refractivity contribution in [3.8, 4) is 0 Å². The maximum Gasteiger partial charge on any atom is 0.303 e. The Bertz CT molecular complexity index is 221. The van der Waals surface area contributed by atoms with Crippen LogP contribution in [0.3, 0.4) is 0 Å². The third-order valence-electron chi connectivity index (χ3n) is 3.97. The van der Waals surface area contributed by atoms with Crippen LogP contribution in [0.5, 0.6) is 0 Å². The first kappa shape index (κ1) is 10.9. The van der Waals surface area contributed by atoms with E-state index >= 15 is 0 Å². The molecule has 86 valence electrons. The fourth-order valence-electron chi connectivity index (χ4n) is 2.97. The molecule has 1 saturated carbocycles. The summed E-state index contributed by atoms with van der Waals surface area (Å²) in [6, 6.07) is 0. The van der Waals surface area contributed by atoms with Crippen molar-refractivity contribution < 1.29 is 14.6 Å². The summed E-state index contributed by atoms with van der Waals surface area (Å²) >= 11 is 0. The largest absolute Gasteiger partial charge is 0.481 e. The molecule has 3 nitrogen and oxygen atoms in total. The SMILES string of the molecule is O=C(O)CCC1CCC2(CCCO2)CC1. The Morgan fingerprint density at radius 2 is 2.07 bits per heavy atom. The zero-order chi connectivity index (χ0) is 10.7. The number of carbonyl (C=O) groups is 1. The van der Waals surface area contributed by atoms with Crippen molar-refractivity contribution in [1.82, 2.24) is 0 Å². The van der Waals surface area contributed by atoms with E-state index in [-0.39, 0.29) is 5.60 Å². The van der Waals surface area contributed by atoms with Gasteiger partial charge >= 0.3 is 5.97 Å². The molecule has 1 aliphatic heterocycles. The third-order valence-corrected chi connectivity index (χ3v) is 3.97. The predicted octanol–water partition coefficient (Wildman–Crippen LogP) is 2.59. The molecule has 1 aliphatic carbocycles. The standard InChI is InChI=1S/C12H20O3/c13-11(14)3-2-10-4-7-12(8-5-10)6-1-9-15-12/h10H,1-9H2,(H,13,14). The van der Waals surface area contributed by atoms with Gasteiger partial charge in [-0.05, 0) is 50.9 Å². The van der Waals surface area contributed by atoms with Crippen LogP contribution in [0.4, 0.5) is 0 Å². The van der Waals surface area contributed by atoms with Gasteiger partial charge in [0.2, 0.25) is 0 Å². The lowest BCUT2D eigenvalue weighted by molar-refractivity contribution is -0.137. The molecule has 0 radical (unpaired) electrons. The highest BCUT2D eigenvalue weighted by molar-refractivity contribution is 5.66. The van der Waals surface area contributed by atoms with E-state index in [9.17, 15) is 4.79 Å². The maximum absolute atomic E-state index is 10.5. The smallest absolute Gasteiger partial charge is 0.303 e. The van der Waals surface area contributed by atoms with Crippen LogP contribution < -0.4 is 0 Å². The summed E-state index contributed by atoms with van der Waals surface area (Å²) < 4.78 is 5.84. The van der Waals surface area contributed by atoms with Crippen LogP contribution in [-0.2, 0) is 9.53 Å². The summed E-state index contributed by atoms with van der Waals surface area (Å²) in [6.45, 7) is 0.930. The van der Waals surface area contributed by atoms with Crippen molar-refractivity contribution in [1.29, 1.82) is 0 Å². The van der Waals surface area contributed by atoms with E-state index in [0.29, 0.717) is 12.3 Å². The average molecular weight is 212 g/mol. The van der Waals surface area contributed by atoms with Crippen LogP contribution in [0.25, 0.3) is 0 Å². The van der Waals surface area contributed by atoms with Gasteiger partial charge in [-0.25, -0.2) is 0 Å². The van der Waals surface area contributed by atoms with Gasteiger partial charge < -0.3 is 9.84 Å². The monoisotopic (exact) mass is 212 g/mol. The molecule has 1 saturated heterocycles. The molecule has 1 heterocycles. The zero-order valence-corrected chi connectivity index (χ0v) is 9.21. The molecule has 1 N–H and O–H groups in total. The van der Waals surface area contributed by atoms with Crippen molar-refractivity contribution in [3.63, 3.8) is 0 Å². The summed E-state index contributed by atoms with van der Waals surface area (Å²) in [7, 11) is 0. The summed E-state index contributed by atoms with van der Waals surface area (Å²) in [4.78, 5) is 10.5. The fraction of sp³-hybridized carbons (Fsp3) is 0.917. The molecule has 0 atom stereocenters. The summed E-state index contributed by atoms with van der Waals surface area (Å²) in [5.41, 5.74) is 0.194. The number of carboxylic acid groups (broad SMARTS) is 1. The second kappa shape index (κ2) is 4.52. The molecule has 3 heteroatoms. The maximum atomic E-state index is 10.5. The van der Waals surface area contributed by atoms with E-state index in [2.05, 4.69) is 0 Å². The van der Waals surface area contributed by atoms with Gasteiger partial charge in [-0.1, -0.05) is 0 Å². The number of carboxylic acids is 1. The molecular formula is C12H20O3. The minimum Gasteiger partial charge on any atom is -0.481 e. The molecule has 2 rings (SSSR count). The molecule has 0 unspecified atom stereocenters. The van der Waals surface area contributed by atoms with E-state index in [0.717, 1.165) is 38.7 Å². The molecule has 2 aliphatic rings. The first-order chi connectivity index (χ1) is 7.20. The van der Waals surface area contributed by atoms with Crippen LogP contribution in [0.15, 0.2) is 0 Å². The van der Waals surface area contributed by atoms with E-state index in [1.54, 1.807) is 0 Å². The quantitative estimate of drug-likeness (QED) is 0.782. The lowest BCUT2D eigenvalue weighted by atomic mass is 9.76. The molecule has 0 amide bonds. The Morgan fingerprint density at radius 1 is 1.33 bits per heavy atom. The Morgan fingerprint density at radius 3 is 2.60 bits per heavy atom. The van der Waals surface area contributed by atoms with Gasteiger partial charge in [0.15, 0.2) is 0 Å². The molecule has 0 aromatic carbocycles. The number of hydrogen-bond acceptors (Lipinski definition) is 2. The first-order valence-corrected chi connectivity index (χ1v) is 6.06. The van der Waals surface area contributed by atoms with E-state index in [1.807, 2.05) is 0 Å². The second-order valence-electron chi connectivity index (χ2n) is 5.01. The predicted molar refractivity (Wildman–Crippen MR) is 56.7 cm³/mol. The Hall–Kier alpha value is -0.570. The van der Waals surface area contributed by atoms with E-state index in [4.69, 9.17) is 9.84 Å². The molecule has 0 bridgehead atoms. The normalized spacial score (nSPS) is 35.9. The number of ether oxygens (including phenoxy) is 1. The Kier molecular flexibility index (Phi) is 3.29. The van der Waals surface area contributed by atoms with E-state index in [1.165, 1.54) is 12.8 Å². The van der Waals surface area contributed by atoms with Gasteiger partial charge in [-0.2, -0.15) is 0 Å². The Labute approximate surface area is 90.8 Å². The van der Waals surface area contributed by atoms with Crippen molar-refractivity contribution in [2.45, 2.75) is 57.0 Å².